The molecule has 0 spiro atoms. The number of fused-ring (bicyclic) bond motifs is 1. The summed E-state index contributed by atoms with van der Waals surface area (Å²) in [4.78, 5) is 12.3. The molecule has 0 unspecified atom stereocenters. The van der Waals surface area contributed by atoms with Crippen LogP contribution in [-0.4, -0.2) is 48.6 Å². The quantitative estimate of drug-likeness (QED) is 0.549. The molecule has 0 amide bonds. The Morgan fingerprint density at radius 1 is 1.23 bits per heavy atom. The summed E-state index contributed by atoms with van der Waals surface area (Å²) >= 11 is 0. The molecule has 148 valence electrons. The molecule has 0 radical (unpaired) electrons. The Kier molecular flexibility index (Phi) is 5.50. The zero-order valence-corrected chi connectivity index (χ0v) is 16.7. The highest BCUT2D eigenvalue weighted by atomic mass is 16.8. The van der Waals surface area contributed by atoms with Crippen LogP contribution < -0.4 is 0 Å². The van der Waals surface area contributed by atoms with Gasteiger partial charge in [0.25, 0.3) is 0 Å². The first kappa shape index (κ1) is 19.8. The molecule has 0 bridgehead atoms. The zero-order valence-electron chi connectivity index (χ0n) is 16.7. The number of carbonyl (C=O) groups excluding carboxylic acids is 1. The van der Waals surface area contributed by atoms with Gasteiger partial charge in [-0.05, 0) is 46.5 Å². The molecule has 26 heavy (non-hydrogen) atoms. The van der Waals surface area contributed by atoms with Crippen molar-refractivity contribution in [2.24, 2.45) is 11.8 Å². The van der Waals surface area contributed by atoms with E-state index in [4.69, 9.17) is 23.7 Å². The number of allylic oxidation sites excluding steroid dienone is 1. The van der Waals surface area contributed by atoms with Crippen molar-refractivity contribution in [1.29, 1.82) is 0 Å². The fraction of sp³-hybridized carbons (Fsp3) is 0.850. The van der Waals surface area contributed by atoms with Crippen LogP contribution in [0.25, 0.3) is 0 Å². The number of ether oxygens (including phenoxy) is 5. The Morgan fingerprint density at radius 3 is 2.58 bits per heavy atom. The molecule has 3 heterocycles. The van der Waals surface area contributed by atoms with Gasteiger partial charge in [0.15, 0.2) is 12.1 Å². The maximum atomic E-state index is 12.3. The predicted molar refractivity (Wildman–Crippen MR) is 95.3 cm³/mol. The number of esters is 1. The average molecular weight is 368 g/mol. The largest absolute Gasteiger partial charge is 0.456 e. The highest BCUT2D eigenvalue weighted by molar-refractivity contribution is 5.82. The molecule has 6 nitrogen and oxygen atoms in total. The summed E-state index contributed by atoms with van der Waals surface area (Å²) in [6.07, 6.45) is 3.56. The van der Waals surface area contributed by atoms with Gasteiger partial charge in [0, 0.05) is 6.08 Å². The Bertz CT molecular complexity index is 553. The summed E-state index contributed by atoms with van der Waals surface area (Å²) < 4.78 is 29.6. The maximum absolute atomic E-state index is 12.3. The molecule has 3 rings (SSSR count). The van der Waals surface area contributed by atoms with E-state index in [0.29, 0.717) is 12.5 Å². The smallest absolute Gasteiger partial charge is 0.330 e. The van der Waals surface area contributed by atoms with Gasteiger partial charge in [0.05, 0.1) is 18.1 Å². The number of rotatable bonds is 5. The Morgan fingerprint density at radius 2 is 1.96 bits per heavy atom. The van der Waals surface area contributed by atoms with E-state index in [1.807, 2.05) is 33.8 Å². The molecular formula is C20H32O6. The number of carbonyl (C=O) groups is 1. The van der Waals surface area contributed by atoms with Gasteiger partial charge in [-0.2, -0.15) is 0 Å². The molecular weight excluding hydrogens is 336 g/mol. The van der Waals surface area contributed by atoms with Gasteiger partial charge in [0.1, 0.15) is 18.3 Å². The van der Waals surface area contributed by atoms with Crippen molar-refractivity contribution in [2.75, 3.05) is 6.61 Å². The van der Waals surface area contributed by atoms with Crippen molar-refractivity contribution in [1.82, 2.24) is 0 Å². The summed E-state index contributed by atoms with van der Waals surface area (Å²) in [7, 11) is 0. The van der Waals surface area contributed by atoms with Crippen LogP contribution in [0.2, 0.25) is 0 Å². The molecule has 0 aromatic rings. The Labute approximate surface area is 156 Å². The molecule has 3 saturated heterocycles. The van der Waals surface area contributed by atoms with Crippen LogP contribution in [0.4, 0.5) is 0 Å². The normalized spacial score (nSPS) is 38.2. The minimum atomic E-state index is -0.655. The standard InChI is InChI=1S/C20H32O6/c1-12(2)8-7-9-15(21)23-16-13-10-19(3,4)26-18(13)24-17(16)14-11-22-20(5,6)25-14/h7,9,12-14,16-18H,8,10-11H2,1-6H3/b9-7+/t13-,14-,16+,17-,18-/m1/s1. The van der Waals surface area contributed by atoms with Crippen molar-refractivity contribution in [3.05, 3.63) is 12.2 Å². The van der Waals surface area contributed by atoms with Crippen LogP contribution in [0.3, 0.4) is 0 Å². The zero-order chi connectivity index (χ0) is 19.1. The predicted octanol–water partition coefficient (Wildman–Crippen LogP) is 3.19. The summed E-state index contributed by atoms with van der Waals surface area (Å²) in [5, 5.41) is 0. The molecule has 3 aliphatic heterocycles. The van der Waals surface area contributed by atoms with Crippen LogP contribution in [0.1, 0.15) is 54.4 Å². The molecule has 0 aromatic carbocycles. The third-order valence-electron chi connectivity index (χ3n) is 5.06. The third kappa shape index (κ3) is 4.47. The van der Waals surface area contributed by atoms with Gasteiger partial charge >= 0.3 is 5.97 Å². The lowest BCUT2D eigenvalue weighted by molar-refractivity contribution is -0.201. The summed E-state index contributed by atoms with van der Waals surface area (Å²) in [5.74, 6) is -0.490. The molecule has 0 aliphatic carbocycles. The topological polar surface area (TPSA) is 63.2 Å². The van der Waals surface area contributed by atoms with Crippen LogP contribution in [-0.2, 0) is 28.5 Å². The lowest BCUT2D eigenvalue weighted by Gasteiger charge is -2.28. The van der Waals surface area contributed by atoms with Crippen molar-refractivity contribution >= 4 is 5.97 Å². The number of hydrogen-bond donors (Lipinski definition) is 0. The van der Waals surface area contributed by atoms with Gasteiger partial charge in [-0.1, -0.05) is 19.9 Å². The van der Waals surface area contributed by atoms with E-state index in [1.54, 1.807) is 0 Å². The van der Waals surface area contributed by atoms with Crippen LogP contribution in [0.15, 0.2) is 12.2 Å². The van der Waals surface area contributed by atoms with Gasteiger partial charge in [-0.15, -0.1) is 0 Å². The fourth-order valence-corrected chi connectivity index (χ4v) is 3.93. The first-order chi connectivity index (χ1) is 12.1. The van der Waals surface area contributed by atoms with Crippen LogP contribution in [0, 0.1) is 11.8 Å². The van der Waals surface area contributed by atoms with Crippen LogP contribution >= 0.6 is 0 Å². The first-order valence-corrected chi connectivity index (χ1v) is 9.58. The van der Waals surface area contributed by atoms with Gasteiger partial charge in [-0.25, -0.2) is 4.79 Å². The van der Waals surface area contributed by atoms with Crippen molar-refractivity contribution < 1.29 is 28.5 Å². The highest BCUT2D eigenvalue weighted by Gasteiger charge is 2.58. The molecule has 0 saturated carbocycles. The van der Waals surface area contributed by atoms with Gasteiger partial charge in [-0.3, -0.25) is 0 Å². The lowest BCUT2D eigenvalue weighted by atomic mass is 9.90. The SMILES string of the molecule is CC(C)C/C=C/C(=O)O[C@H]1[C@H]2CC(C)(C)O[C@H]2O[C@@H]1[C@H]1COC(C)(C)O1. The van der Waals surface area contributed by atoms with E-state index in [-0.39, 0.29) is 36.0 Å². The molecule has 5 atom stereocenters. The van der Waals surface area contributed by atoms with E-state index in [1.165, 1.54) is 6.08 Å². The van der Waals surface area contributed by atoms with E-state index in [0.717, 1.165) is 12.8 Å². The minimum Gasteiger partial charge on any atom is -0.456 e. The van der Waals surface area contributed by atoms with Crippen molar-refractivity contribution in [3.8, 4) is 0 Å². The molecule has 0 N–H and O–H groups in total. The van der Waals surface area contributed by atoms with E-state index < -0.39 is 11.9 Å². The van der Waals surface area contributed by atoms with Gasteiger partial charge < -0.3 is 23.7 Å². The van der Waals surface area contributed by atoms with Crippen molar-refractivity contribution in [3.63, 3.8) is 0 Å². The number of hydrogen-bond acceptors (Lipinski definition) is 6. The molecule has 3 fully saturated rings. The minimum absolute atomic E-state index is 0.00441. The fourth-order valence-electron chi connectivity index (χ4n) is 3.93. The highest BCUT2D eigenvalue weighted by Crippen LogP contribution is 2.46. The average Bonchev–Trinajstić information content (AvgIpc) is 3.09. The summed E-state index contributed by atoms with van der Waals surface area (Å²) in [6, 6.07) is 0. The second kappa shape index (κ2) is 7.23. The Balaban J connectivity index is 1.70. The summed E-state index contributed by atoms with van der Waals surface area (Å²) in [5.41, 5.74) is -0.287. The van der Waals surface area contributed by atoms with Gasteiger partial charge in [0.2, 0.25) is 0 Å². The molecule has 3 aliphatic rings. The second-order valence-corrected chi connectivity index (χ2v) is 9.02. The second-order valence-electron chi connectivity index (χ2n) is 9.02. The third-order valence-corrected chi connectivity index (χ3v) is 5.06. The lowest BCUT2D eigenvalue weighted by Crippen LogP contribution is -2.42. The molecule has 6 heteroatoms. The van der Waals surface area contributed by atoms with E-state index in [9.17, 15) is 4.79 Å². The van der Waals surface area contributed by atoms with E-state index >= 15 is 0 Å². The van der Waals surface area contributed by atoms with Crippen LogP contribution in [0.5, 0.6) is 0 Å². The first-order valence-electron chi connectivity index (χ1n) is 9.58. The maximum Gasteiger partial charge on any atom is 0.330 e. The monoisotopic (exact) mass is 368 g/mol. The Hall–Kier alpha value is -0.950. The molecule has 0 aromatic heterocycles. The van der Waals surface area contributed by atoms with Crippen molar-refractivity contribution in [2.45, 2.75) is 90.4 Å². The summed E-state index contributed by atoms with van der Waals surface area (Å²) in [6.45, 7) is 12.4. The van der Waals surface area contributed by atoms with E-state index in [2.05, 4.69) is 13.8 Å².